The Morgan fingerprint density at radius 1 is 1.24 bits per heavy atom. The van der Waals surface area contributed by atoms with Gasteiger partial charge in [0, 0.05) is 11.5 Å². The van der Waals surface area contributed by atoms with E-state index in [4.69, 9.17) is 0 Å². The number of aromatic amines is 1. The van der Waals surface area contributed by atoms with Crippen molar-refractivity contribution in [1.29, 1.82) is 0 Å². The molecule has 1 aromatic rings. The molecule has 1 saturated carbocycles. The summed E-state index contributed by atoms with van der Waals surface area (Å²) >= 11 is 0. The van der Waals surface area contributed by atoms with Gasteiger partial charge in [-0.2, -0.15) is 5.10 Å². The topological polar surface area (TPSA) is 53.6 Å². The number of nitrogens with zero attached hydrogens (tertiary/aromatic N) is 2. The normalized spacial score (nSPS) is 18.5. The summed E-state index contributed by atoms with van der Waals surface area (Å²) in [5, 5.41) is 10.8. The van der Waals surface area contributed by atoms with E-state index in [1.807, 2.05) is 0 Å². The zero-order chi connectivity index (χ0) is 12.3. The lowest BCUT2D eigenvalue weighted by molar-refractivity contribution is 0.416. The van der Waals surface area contributed by atoms with Crippen molar-refractivity contribution in [2.24, 2.45) is 0 Å². The summed E-state index contributed by atoms with van der Waals surface area (Å²) in [6.07, 6.45) is 6.54. The van der Waals surface area contributed by atoms with Crippen molar-refractivity contribution >= 4 is 0 Å². The molecule has 96 valence electrons. The molecule has 2 N–H and O–H groups in total. The summed E-state index contributed by atoms with van der Waals surface area (Å²) in [7, 11) is 0. The molecule has 1 aromatic heterocycles. The van der Waals surface area contributed by atoms with Gasteiger partial charge < -0.3 is 5.32 Å². The number of hydrogen-bond acceptors (Lipinski definition) is 3. The van der Waals surface area contributed by atoms with Crippen LogP contribution < -0.4 is 5.32 Å². The van der Waals surface area contributed by atoms with E-state index in [1.165, 1.54) is 32.1 Å². The average Bonchev–Trinajstić information content (AvgIpc) is 2.75. The van der Waals surface area contributed by atoms with E-state index in [0.717, 1.165) is 18.2 Å². The van der Waals surface area contributed by atoms with Gasteiger partial charge in [0.25, 0.3) is 0 Å². The van der Waals surface area contributed by atoms with Gasteiger partial charge in [0.2, 0.25) is 0 Å². The first-order valence-electron chi connectivity index (χ1n) is 6.71. The smallest absolute Gasteiger partial charge is 0.153 e. The molecule has 1 heterocycles. The summed E-state index contributed by atoms with van der Waals surface area (Å²) in [4.78, 5) is 4.61. The van der Waals surface area contributed by atoms with Gasteiger partial charge in [0.15, 0.2) is 5.82 Å². The first-order chi connectivity index (χ1) is 8.04. The molecule has 0 atom stereocenters. The standard InChI is InChI=1S/C13H24N4/c1-13(2,3)14-9-11-15-12(17-16-11)10-7-5-4-6-8-10/h10,14H,4-9H2,1-3H3,(H,15,16,17). The Morgan fingerprint density at radius 3 is 2.59 bits per heavy atom. The van der Waals surface area contributed by atoms with Crippen molar-refractivity contribution in [3.63, 3.8) is 0 Å². The molecule has 4 nitrogen and oxygen atoms in total. The Labute approximate surface area is 104 Å². The van der Waals surface area contributed by atoms with E-state index in [-0.39, 0.29) is 5.54 Å². The van der Waals surface area contributed by atoms with Crippen molar-refractivity contribution in [3.8, 4) is 0 Å². The van der Waals surface area contributed by atoms with Gasteiger partial charge in [-0.05, 0) is 33.6 Å². The zero-order valence-corrected chi connectivity index (χ0v) is 11.2. The monoisotopic (exact) mass is 236 g/mol. The second kappa shape index (κ2) is 5.17. The van der Waals surface area contributed by atoms with E-state index in [2.05, 4.69) is 41.3 Å². The summed E-state index contributed by atoms with van der Waals surface area (Å²) in [5.74, 6) is 2.57. The molecule has 0 aliphatic heterocycles. The molecule has 17 heavy (non-hydrogen) atoms. The van der Waals surface area contributed by atoms with Crippen molar-refractivity contribution in [3.05, 3.63) is 11.6 Å². The largest absolute Gasteiger partial charge is 0.305 e. The molecule has 1 aliphatic carbocycles. The number of nitrogens with one attached hydrogen (secondary N) is 2. The van der Waals surface area contributed by atoms with Gasteiger partial charge in [0.05, 0.1) is 6.54 Å². The van der Waals surface area contributed by atoms with Crippen molar-refractivity contribution < 1.29 is 0 Å². The number of rotatable bonds is 3. The summed E-state index contributed by atoms with van der Waals surface area (Å²) in [6.45, 7) is 7.24. The first kappa shape index (κ1) is 12.6. The van der Waals surface area contributed by atoms with Crippen molar-refractivity contribution in [2.45, 2.75) is 70.9 Å². The SMILES string of the molecule is CC(C)(C)NCc1nc(C2CCCCC2)n[nH]1. The number of hydrogen-bond donors (Lipinski definition) is 2. The highest BCUT2D eigenvalue weighted by molar-refractivity contribution is 4.99. The lowest BCUT2D eigenvalue weighted by Gasteiger charge is -2.19. The Kier molecular flexibility index (Phi) is 3.82. The summed E-state index contributed by atoms with van der Waals surface area (Å²) in [5.41, 5.74) is 0.123. The van der Waals surface area contributed by atoms with Gasteiger partial charge in [0.1, 0.15) is 5.82 Å². The fraction of sp³-hybridized carbons (Fsp3) is 0.846. The van der Waals surface area contributed by atoms with Crippen LogP contribution in [0.15, 0.2) is 0 Å². The Balaban J connectivity index is 1.91. The molecule has 1 fully saturated rings. The predicted molar refractivity (Wildman–Crippen MR) is 68.8 cm³/mol. The van der Waals surface area contributed by atoms with Gasteiger partial charge in [-0.25, -0.2) is 4.98 Å². The molecule has 0 bridgehead atoms. The maximum atomic E-state index is 4.61. The third kappa shape index (κ3) is 3.80. The minimum absolute atomic E-state index is 0.123. The van der Waals surface area contributed by atoms with E-state index in [1.54, 1.807) is 0 Å². The molecule has 0 amide bonds. The second-order valence-electron chi connectivity index (χ2n) is 6.08. The maximum Gasteiger partial charge on any atom is 0.153 e. The highest BCUT2D eigenvalue weighted by Crippen LogP contribution is 2.30. The fourth-order valence-electron chi connectivity index (χ4n) is 2.28. The molecule has 0 unspecified atom stereocenters. The molecule has 0 saturated heterocycles. The van der Waals surface area contributed by atoms with Crippen LogP contribution in [-0.4, -0.2) is 20.7 Å². The van der Waals surface area contributed by atoms with Crippen LogP contribution in [0.3, 0.4) is 0 Å². The van der Waals surface area contributed by atoms with Crippen LogP contribution in [0.1, 0.15) is 70.4 Å². The molecular weight excluding hydrogens is 212 g/mol. The molecule has 0 aromatic carbocycles. The van der Waals surface area contributed by atoms with Gasteiger partial charge in [-0.1, -0.05) is 19.3 Å². The van der Waals surface area contributed by atoms with E-state index >= 15 is 0 Å². The lowest BCUT2D eigenvalue weighted by Crippen LogP contribution is -2.35. The molecule has 2 rings (SSSR count). The van der Waals surface area contributed by atoms with Crippen LogP contribution in [-0.2, 0) is 6.54 Å². The minimum atomic E-state index is 0.123. The van der Waals surface area contributed by atoms with E-state index < -0.39 is 0 Å². The Bertz CT molecular complexity index is 345. The van der Waals surface area contributed by atoms with Crippen LogP contribution in [0, 0.1) is 0 Å². The third-order valence-corrected chi connectivity index (χ3v) is 3.31. The van der Waals surface area contributed by atoms with Gasteiger partial charge in [-0.3, -0.25) is 5.10 Å². The van der Waals surface area contributed by atoms with Gasteiger partial charge in [-0.15, -0.1) is 0 Å². The summed E-state index contributed by atoms with van der Waals surface area (Å²) in [6, 6.07) is 0. The fourth-order valence-corrected chi connectivity index (χ4v) is 2.28. The number of H-pyrrole nitrogens is 1. The van der Waals surface area contributed by atoms with Crippen LogP contribution in [0.5, 0.6) is 0 Å². The molecule has 0 spiro atoms. The second-order valence-corrected chi connectivity index (χ2v) is 6.08. The predicted octanol–water partition coefficient (Wildman–Crippen LogP) is 2.74. The average molecular weight is 236 g/mol. The van der Waals surface area contributed by atoms with Crippen molar-refractivity contribution in [1.82, 2.24) is 20.5 Å². The van der Waals surface area contributed by atoms with Crippen LogP contribution in [0.25, 0.3) is 0 Å². The van der Waals surface area contributed by atoms with Gasteiger partial charge >= 0.3 is 0 Å². The number of aromatic nitrogens is 3. The zero-order valence-electron chi connectivity index (χ0n) is 11.2. The minimum Gasteiger partial charge on any atom is -0.305 e. The Morgan fingerprint density at radius 2 is 1.94 bits per heavy atom. The van der Waals surface area contributed by atoms with Crippen LogP contribution in [0.2, 0.25) is 0 Å². The molecular formula is C13H24N4. The first-order valence-corrected chi connectivity index (χ1v) is 6.71. The Hall–Kier alpha value is -0.900. The highest BCUT2D eigenvalue weighted by atomic mass is 15.2. The highest BCUT2D eigenvalue weighted by Gasteiger charge is 2.19. The quantitative estimate of drug-likeness (QED) is 0.848. The molecule has 0 radical (unpaired) electrons. The van der Waals surface area contributed by atoms with Crippen molar-refractivity contribution in [2.75, 3.05) is 0 Å². The third-order valence-electron chi connectivity index (χ3n) is 3.31. The van der Waals surface area contributed by atoms with Crippen LogP contribution >= 0.6 is 0 Å². The maximum absolute atomic E-state index is 4.61. The van der Waals surface area contributed by atoms with E-state index in [9.17, 15) is 0 Å². The molecule has 4 heteroatoms. The lowest BCUT2D eigenvalue weighted by atomic mass is 9.89. The van der Waals surface area contributed by atoms with E-state index in [0.29, 0.717) is 5.92 Å². The summed E-state index contributed by atoms with van der Waals surface area (Å²) < 4.78 is 0. The van der Waals surface area contributed by atoms with Crippen LogP contribution in [0.4, 0.5) is 0 Å². The molecule has 1 aliphatic rings.